The molecule has 0 atom stereocenters. The number of carbonyl (C=O) groups is 1. The number of thioether (sulfide) groups is 1. The Labute approximate surface area is 89.6 Å². The van der Waals surface area contributed by atoms with E-state index in [9.17, 15) is 4.79 Å². The second-order valence-corrected chi connectivity index (χ2v) is 5.25. The molecule has 2 nitrogen and oxygen atoms in total. The van der Waals surface area contributed by atoms with Crippen molar-refractivity contribution in [3.05, 3.63) is 0 Å². The molecule has 1 fully saturated rings. The molecule has 1 aliphatic heterocycles. The van der Waals surface area contributed by atoms with Crippen molar-refractivity contribution in [2.75, 3.05) is 5.75 Å². The van der Waals surface area contributed by atoms with Crippen LogP contribution in [-0.4, -0.2) is 16.7 Å². The van der Waals surface area contributed by atoms with Gasteiger partial charge >= 0.3 is 0 Å². The minimum Gasteiger partial charge on any atom is -0.272 e. The molecule has 0 radical (unpaired) electrons. The fourth-order valence-corrected chi connectivity index (χ4v) is 3.32. The Bertz CT molecular complexity index is 254. The van der Waals surface area contributed by atoms with Crippen LogP contribution in [0.1, 0.15) is 39.0 Å². The maximum atomic E-state index is 11.0. The molecule has 0 saturated heterocycles. The van der Waals surface area contributed by atoms with Crippen LogP contribution < -0.4 is 0 Å². The third kappa shape index (κ3) is 2.19. The first kappa shape index (κ1) is 10.2. The molecule has 0 aromatic rings. The smallest absolute Gasteiger partial charge is 0.256 e. The van der Waals surface area contributed by atoms with Crippen molar-refractivity contribution in [1.82, 2.24) is 0 Å². The van der Waals surface area contributed by atoms with E-state index in [-0.39, 0.29) is 5.91 Å². The summed E-state index contributed by atoms with van der Waals surface area (Å²) in [6.07, 6.45) is 6.46. The van der Waals surface area contributed by atoms with Crippen LogP contribution >= 0.6 is 11.8 Å². The summed E-state index contributed by atoms with van der Waals surface area (Å²) < 4.78 is 0. The van der Waals surface area contributed by atoms with E-state index in [0.29, 0.717) is 11.7 Å². The Morgan fingerprint density at radius 2 is 2.07 bits per heavy atom. The molecule has 0 N–H and O–H groups in total. The van der Waals surface area contributed by atoms with Crippen molar-refractivity contribution >= 4 is 22.7 Å². The zero-order chi connectivity index (χ0) is 9.97. The Hall–Kier alpha value is -0.310. The van der Waals surface area contributed by atoms with Crippen molar-refractivity contribution in [2.24, 2.45) is 16.8 Å². The van der Waals surface area contributed by atoms with Crippen LogP contribution in [0, 0.1) is 11.8 Å². The molecule has 0 spiro atoms. The first-order chi connectivity index (χ1) is 6.79. The lowest BCUT2D eigenvalue weighted by atomic mass is 9.81. The molecule has 3 heteroatoms. The predicted molar refractivity (Wildman–Crippen MR) is 60.6 cm³/mol. The van der Waals surface area contributed by atoms with Gasteiger partial charge < -0.3 is 0 Å². The molecule has 1 amide bonds. The summed E-state index contributed by atoms with van der Waals surface area (Å²) in [7, 11) is 0. The monoisotopic (exact) mass is 211 g/mol. The summed E-state index contributed by atoms with van der Waals surface area (Å²) in [5.74, 6) is 2.19. The number of nitrogens with zero attached hydrogens (tertiary/aromatic N) is 1. The van der Waals surface area contributed by atoms with E-state index < -0.39 is 0 Å². The predicted octanol–water partition coefficient (Wildman–Crippen LogP) is 2.87. The lowest BCUT2D eigenvalue weighted by Crippen LogP contribution is -2.18. The second-order valence-electron chi connectivity index (χ2n) is 4.26. The van der Waals surface area contributed by atoms with Gasteiger partial charge in [-0.2, -0.15) is 0 Å². The number of hydrogen-bond acceptors (Lipinski definition) is 2. The summed E-state index contributed by atoms with van der Waals surface area (Å²) >= 11 is 1.67. The van der Waals surface area contributed by atoms with E-state index in [2.05, 4.69) is 11.9 Å². The third-order valence-corrected chi connectivity index (χ3v) is 4.46. The lowest BCUT2D eigenvalue weighted by Gasteiger charge is -2.27. The van der Waals surface area contributed by atoms with Gasteiger partial charge in [-0.25, -0.2) is 4.99 Å². The highest BCUT2D eigenvalue weighted by atomic mass is 32.2. The van der Waals surface area contributed by atoms with Gasteiger partial charge in [-0.3, -0.25) is 4.79 Å². The first-order valence-electron chi connectivity index (χ1n) is 5.53. The summed E-state index contributed by atoms with van der Waals surface area (Å²) in [6, 6.07) is 0. The van der Waals surface area contributed by atoms with Crippen LogP contribution in [0.2, 0.25) is 0 Å². The molecular formula is C11H17NOS. The van der Waals surface area contributed by atoms with E-state index in [1.807, 2.05) is 0 Å². The number of amides is 1. The SMILES string of the molecule is CCC1CCC(C2=NC(=O)CS2)CC1. The van der Waals surface area contributed by atoms with Gasteiger partial charge in [0.05, 0.1) is 10.8 Å². The first-order valence-corrected chi connectivity index (χ1v) is 6.52. The Kier molecular flexibility index (Phi) is 3.26. The fourth-order valence-electron chi connectivity index (χ4n) is 2.35. The van der Waals surface area contributed by atoms with Crippen LogP contribution in [0.3, 0.4) is 0 Å². The Morgan fingerprint density at radius 1 is 1.36 bits per heavy atom. The van der Waals surface area contributed by atoms with E-state index in [1.165, 1.54) is 32.1 Å². The minimum atomic E-state index is 0.0719. The maximum Gasteiger partial charge on any atom is 0.256 e. The Morgan fingerprint density at radius 3 is 2.57 bits per heavy atom. The molecular weight excluding hydrogens is 194 g/mol. The summed E-state index contributed by atoms with van der Waals surface area (Å²) in [6.45, 7) is 2.27. The average Bonchev–Trinajstić information content (AvgIpc) is 2.65. The average molecular weight is 211 g/mol. The fraction of sp³-hybridized carbons (Fsp3) is 0.818. The van der Waals surface area contributed by atoms with E-state index in [4.69, 9.17) is 0 Å². The summed E-state index contributed by atoms with van der Waals surface area (Å²) in [5.41, 5.74) is 0. The highest BCUT2D eigenvalue weighted by molar-refractivity contribution is 8.15. The van der Waals surface area contributed by atoms with Crippen molar-refractivity contribution in [3.63, 3.8) is 0 Å². The van der Waals surface area contributed by atoms with Gasteiger partial charge in [-0.1, -0.05) is 13.3 Å². The Balaban J connectivity index is 1.89. The van der Waals surface area contributed by atoms with Gasteiger partial charge in [-0.05, 0) is 31.6 Å². The van der Waals surface area contributed by atoms with Crippen molar-refractivity contribution in [1.29, 1.82) is 0 Å². The van der Waals surface area contributed by atoms with Gasteiger partial charge in [0, 0.05) is 5.92 Å². The molecule has 1 heterocycles. The zero-order valence-electron chi connectivity index (χ0n) is 8.66. The lowest BCUT2D eigenvalue weighted by molar-refractivity contribution is -0.115. The van der Waals surface area contributed by atoms with Crippen molar-refractivity contribution in [3.8, 4) is 0 Å². The van der Waals surface area contributed by atoms with Gasteiger partial charge in [0.25, 0.3) is 5.91 Å². The number of rotatable bonds is 2. The topological polar surface area (TPSA) is 29.4 Å². The zero-order valence-corrected chi connectivity index (χ0v) is 9.48. The summed E-state index contributed by atoms with van der Waals surface area (Å²) in [4.78, 5) is 15.1. The van der Waals surface area contributed by atoms with Crippen LogP contribution in [0.5, 0.6) is 0 Å². The molecule has 2 aliphatic rings. The molecule has 78 valence electrons. The van der Waals surface area contributed by atoms with Crippen LogP contribution in [-0.2, 0) is 4.79 Å². The molecule has 2 rings (SSSR count). The molecule has 14 heavy (non-hydrogen) atoms. The van der Waals surface area contributed by atoms with Gasteiger partial charge in [0.15, 0.2) is 0 Å². The molecule has 0 aromatic heterocycles. The number of aliphatic imine (C=N–C) groups is 1. The van der Waals surface area contributed by atoms with E-state index in [0.717, 1.165) is 11.0 Å². The minimum absolute atomic E-state index is 0.0719. The van der Waals surface area contributed by atoms with Gasteiger partial charge in [-0.15, -0.1) is 11.8 Å². The quantitative estimate of drug-likeness (QED) is 0.703. The van der Waals surface area contributed by atoms with E-state index >= 15 is 0 Å². The molecule has 0 aromatic carbocycles. The largest absolute Gasteiger partial charge is 0.272 e. The summed E-state index contributed by atoms with van der Waals surface area (Å²) in [5, 5.41) is 1.13. The maximum absolute atomic E-state index is 11.0. The number of hydrogen-bond donors (Lipinski definition) is 0. The molecule has 0 bridgehead atoms. The van der Waals surface area contributed by atoms with Crippen molar-refractivity contribution in [2.45, 2.75) is 39.0 Å². The van der Waals surface area contributed by atoms with Crippen LogP contribution in [0.25, 0.3) is 0 Å². The van der Waals surface area contributed by atoms with Crippen LogP contribution in [0.15, 0.2) is 4.99 Å². The normalized spacial score (nSPS) is 33.2. The molecule has 1 saturated carbocycles. The third-order valence-electron chi connectivity index (χ3n) is 3.35. The van der Waals surface area contributed by atoms with Gasteiger partial charge in [0.2, 0.25) is 0 Å². The highest BCUT2D eigenvalue weighted by Crippen LogP contribution is 2.35. The number of carbonyl (C=O) groups excluding carboxylic acids is 1. The highest BCUT2D eigenvalue weighted by Gasteiger charge is 2.27. The molecule has 0 unspecified atom stereocenters. The van der Waals surface area contributed by atoms with Gasteiger partial charge in [0.1, 0.15) is 0 Å². The van der Waals surface area contributed by atoms with E-state index in [1.54, 1.807) is 11.8 Å². The second kappa shape index (κ2) is 4.47. The van der Waals surface area contributed by atoms with Crippen LogP contribution in [0.4, 0.5) is 0 Å². The molecule has 1 aliphatic carbocycles. The van der Waals surface area contributed by atoms with Crippen molar-refractivity contribution < 1.29 is 4.79 Å². The standard InChI is InChI=1S/C11H17NOS/c1-2-8-3-5-9(6-4-8)11-12-10(13)7-14-11/h8-9H,2-7H2,1H3.